The molecule has 104 valence electrons. The van der Waals surface area contributed by atoms with Gasteiger partial charge in [0.05, 0.1) is 22.0 Å². The summed E-state index contributed by atoms with van der Waals surface area (Å²) in [4.78, 5) is 0. The largest absolute Gasteiger partial charge is 0.393 e. The summed E-state index contributed by atoms with van der Waals surface area (Å²) >= 11 is 3.54. The highest BCUT2D eigenvalue weighted by molar-refractivity contribution is 9.10. The van der Waals surface area contributed by atoms with Gasteiger partial charge in [-0.1, -0.05) is 27.7 Å². The second-order valence-electron chi connectivity index (χ2n) is 6.33. The summed E-state index contributed by atoms with van der Waals surface area (Å²) in [6.07, 6.45) is 1.16. The monoisotopic (exact) mass is 316 g/mol. The number of aryl methyl sites for hydroxylation is 2. The Morgan fingerprint density at radius 1 is 1.39 bits per heavy atom. The van der Waals surface area contributed by atoms with Crippen molar-refractivity contribution in [3.05, 3.63) is 15.9 Å². The van der Waals surface area contributed by atoms with E-state index in [1.54, 1.807) is 0 Å². The first kappa shape index (κ1) is 15.7. The molecule has 0 amide bonds. The van der Waals surface area contributed by atoms with Crippen LogP contribution in [0.1, 0.15) is 45.5 Å². The smallest absolute Gasteiger partial charge is 0.0738 e. The number of hydrogen-bond acceptors (Lipinski definition) is 2. The molecule has 1 aromatic rings. The van der Waals surface area contributed by atoms with E-state index in [0.29, 0.717) is 12.3 Å². The predicted octanol–water partition coefficient (Wildman–Crippen LogP) is 3.47. The molecule has 0 aliphatic rings. The molecule has 0 saturated heterocycles. The van der Waals surface area contributed by atoms with Gasteiger partial charge in [0.15, 0.2) is 0 Å². The van der Waals surface area contributed by atoms with Crippen LogP contribution in [-0.2, 0) is 13.5 Å². The van der Waals surface area contributed by atoms with Crippen LogP contribution in [0.15, 0.2) is 4.47 Å². The molecule has 0 aliphatic heterocycles. The normalized spacial score (nSPS) is 15.8. The summed E-state index contributed by atoms with van der Waals surface area (Å²) in [6.45, 7) is 10.8. The first-order valence-corrected chi connectivity index (χ1v) is 7.28. The van der Waals surface area contributed by atoms with E-state index < -0.39 is 0 Å². The highest BCUT2D eigenvalue weighted by Crippen LogP contribution is 2.30. The minimum absolute atomic E-state index is 0.237. The Labute approximate surface area is 119 Å². The fourth-order valence-corrected chi connectivity index (χ4v) is 2.47. The number of nitrogens with zero attached hydrogens (tertiary/aromatic N) is 2. The van der Waals surface area contributed by atoms with Crippen LogP contribution < -0.4 is 0 Å². The maximum Gasteiger partial charge on any atom is 0.0738 e. The highest BCUT2D eigenvalue weighted by atomic mass is 79.9. The Morgan fingerprint density at radius 3 is 2.33 bits per heavy atom. The molecular formula is C14H25BrN2O. The highest BCUT2D eigenvalue weighted by Gasteiger charge is 2.24. The molecule has 1 N–H and O–H groups in total. The Morgan fingerprint density at radius 2 is 1.94 bits per heavy atom. The fraction of sp³-hybridized carbons (Fsp3) is 0.786. The molecule has 1 aromatic heterocycles. The van der Waals surface area contributed by atoms with Crippen LogP contribution in [0.2, 0.25) is 0 Å². The van der Waals surface area contributed by atoms with Gasteiger partial charge in [0.2, 0.25) is 0 Å². The van der Waals surface area contributed by atoms with Gasteiger partial charge in [-0.3, -0.25) is 4.68 Å². The van der Waals surface area contributed by atoms with E-state index in [2.05, 4.69) is 48.7 Å². The predicted molar refractivity (Wildman–Crippen MR) is 78.6 cm³/mol. The van der Waals surface area contributed by atoms with Crippen molar-refractivity contribution in [2.24, 2.45) is 18.4 Å². The lowest BCUT2D eigenvalue weighted by molar-refractivity contribution is 0.108. The van der Waals surface area contributed by atoms with Crippen LogP contribution in [0.3, 0.4) is 0 Å². The summed E-state index contributed by atoms with van der Waals surface area (Å²) in [5.74, 6) is 0.487. The third-order valence-corrected chi connectivity index (χ3v) is 4.83. The number of aliphatic hydroxyl groups excluding tert-OH is 1. The Kier molecular flexibility index (Phi) is 5.01. The lowest BCUT2D eigenvalue weighted by Gasteiger charge is -2.29. The molecule has 4 heteroatoms. The molecule has 0 bridgehead atoms. The zero-order valence-electron chi connectivity index (χ0n) is 12.3. The fourth-order valence-electron chi connectivity index (χ4n) is 1.97. The molecule has 2 unspecified atom stereocenters. The molecule has 0 fully saturated rings. The summed E-state index contributed by atoms with van der Waals surface area (Å²) in [6, 6.07) is 0. The average molecular weight is 317 g/mol. The van der Waals surface area contributed by atoms with Crippen molar-refractivity contribution < 1.29 is 5.11 Å². The first-order chi connectivity index (χ1) is 8.12. The molecule has 1 heterocycles. The summed E-state index contributed by atoms with van der Waals surface area (Å²) in [7, 11) is 1.92. The van der Waals surface area contributed by atoms with Gasteiger partial charge < -0.3 is 5.11 Å². The molecule has 0 aliphatic carbocycles. The molecular weight excluding hydrogens is 292 g/mol. The summed E-state index contributed by atoms with van der Waals surface area (Å²) < 4.78 is 2.87. The Balaban J connectivity index is 2.68. The average Bonchev–Trinajstić information content (AvgIpc) is 2.43. The van der Waals surface area contributed by atoms with Gasteiger partial charge in [0.25, 0.3) is 0 Å². The maximum atomic E-state index is 10.2. The number of aliphatic hydroxyl groups is 1. The van der Waals surface area contributed by atoms with Crippen molar-refractivity contribution in [3.63, 3.8) is 0 Å². The van der Waals surface area contributed by atoms with Crippen molar-refractivity contribution in [1.82, 2.24) is 9.78 Å². The number of rotatable bonds is 4. The SMILES string of the molecule is Cc1nn(C)c(CC(O)CC(C)C(C)(C)C)c1Br. The van der Waals surface area contributed by atoms with Gasteiger partial charge in [-0.05, 0) is 40.6 Å². The lowest BCUT2D eigenvalue weighted by atomic mass is 9.78. The van der Waals surface area contributed by atoms with E-state index in [-0.39, 0.29) is 11.5 Å². The van der Waals surface area contributed by atoms with Crippen LogP contribution in [0.4, 0.5) is 0 Å². The molecule has 3 nitrogen and oxygen atoms in total. The zero-order chi connectivity index (χ0) is 14.1. The topological polar surface area (TPSA) is 38.0 Å². The van der Waals surface area contributed by atoms with Crippen LogP contribution >= 0.6 is 15.9 Å². The molecule has 1 rings (SSSR count). The van der Waals surface area contributed by atoms with Crippen LogP contribution in [-0.4, -0.2) is 21.0 Å². The van der Waals surface area contributed by atoms with Gasteiger partial charge in [-0.2, -0.15) is 5.10 Å². The van der Waals surface area contributed by atoms with Crippen molar-refractivity contribution in [1.29, 1.82) is 0 Å². The molecule has 18 heavy (non-hydrogen) atoms. The standard InChI is InChI=1S/C14H25BrN2O/c1-9(14(3,4)5)7-11(18)8-12-13(15)10(2)16-17(12)6/h9,11,18H,7-8H2,1-6H3. The van der Waals surface area contributed by atoms with E-state index in [1.165, 1.54) is 0 Å². The molecule has 0 spiro atoms. The van der Waals surface area contributed by atoms with Crippen LogP contribution in [0.5, 0.6) is 0 Å². The minimum atomic E-state index is -0.315. The number of aromatic nitrogens is 2. The van der Waals surface area contributed by atoms with Crippen molar-refractivity contribution in [3.8, 4) is 0 Å². The third kappa shape index (κ3) is 3.82. The third-order valence-electron chi connectivity index (χ3n) is 3.79. The van der Waals surface area contributed by atoms with Gasteiger partial charge in [0.1, 0.15) is 0 Å². The van der Waals surface area contributed by atoms with Crippen molar-refractivity contribution in [2.75, 3.05) is 0 Å². The van der Waals surface area contributed by atoms with Gasteiger partial charge >= 0.3 is 0 Å². The maximum absolute atomic E-state index is 10.2. The van der Waals surface area contributed by atoms with Gasteiger partial charge in [-0.25, -0.2) is 0 Å². The van der Waals surface area contributed by atoms with Gasteiger partial charge in [-0.15, -0.1) is 0 Å². The minimum Gasteiger partial charge on any atom is -0.393 e. The molecule has 0 aromatic carbocycles. The van der Waals surface area contributed by atoms with E-state index in [4.69, 9.17) is 0 Å². The zero-order valence-corrected chi connectivity index (χ0v) is 13.9. The summed E-state index contributed by atoms with van der Waals surface area (Å²) in [5.41, 5.74) is 2.28. The number of hydrogen-bond donors (Lipinski definition) is 1. The van der Waals surface area contributed by atoms with Crippen molar-refractivity contribution >= 4 is 15.9 Å². The lowest BCUT2D eigenvalue weighted by Crippen LogP contribution is -2.24. The van der Waals surface area contributed by atoms with Gasteiger partial charge in [0, 0.05) is 13.5 Å². The second-order valence-corrected chi connectivity index (χ2v) is 7.12. The van der Waals surface area contributed by atoms with Crippen LogP contribution in [0.25, 0.3) is 0 Å². The second kappa shape index (κ2) is 5.74. The first-order valence-electron chi connectivity index (χ1n) is 6.49. The van der Waals surface area contributed by atoms with E-state index >= 15 is 0 Å². The van der Waals surface area contributed by atoms with E-state index in [0.717, 1.165) is 22.3 Å². The Hall–Kier alpha value is -0.350. The Bertz CT molecular complexity index is 407. The van der Waals surface area contributed by atoms with Crippen LogP contribution in [0, 0.1) is 18.3 Å². The molecule has 0 saturated carbocycles. The van der Waals surface area contributed by atoms with E-state index in [9.17, 15) is 5.11 Å². The van der Waals surface area contributed by atoms with E-state index in [1.807, 2.05) is 18.7 Å². The molecule has 2 atom stereocenters. The molecule has 0 radical (unpaired) electrons. The number of halogens is 1. The van der Waals surface area contributed by atoms with Crippen molar-refractivity contribution in [2.45, 2.75) is 53.6 Å². The quantitative estimate of drug-likeness (QED) is 0.923. The summed E-state index contributed by atoms with van der Waals surface area (Å²) in [5, 5.41) is 14.6.